The summed E-state index contributed by atoms with van der Waals surface area (Å²) in [5.74, 6) is -4.67. The maximum absolute atomic E-state index is 12.9. The first-order chi connectivity index (χ1) is 12.4. The summed E-state index contributed by atoms with van der Waals surface area (Å²) in [6.45, 7) is 0. The molecular formula is C19H15NO5S. The van der Waals surface area contributed by atoms with E-state index >= 15 is 0 Å². The highest BCUT2D eigenvalue weighted by Gasteiger charge is 2.42. The maximum Gasteiger partial charge on any atom is 0.372 e. The number of benzene rings is 1. The lowest BCUT2D eigenvalue weighted by molar-refractivity contribution is -0.150. The van der Waals surface area contributed by atoms with Crippen LogP contribution in [0, 0.1) is 0 Å². The average Bonchev–Trinajstić information content (AvgIpc) is 2.94. The molecule has 0 aromatic heterocycles. The van der Waals surface area contributed by atoms with Gasteiger partial charge in [-0.1, -0.05) is 18.2 Å². The molecule has 26 heavy (non-hydrogen) atoms. The number of amides is 1. The van der Waals surface area contributed by atoms with Gasteiger partial charge in [-0.3, -0.25) is 19.3 Å². The third kappa shape index (κ3) is 3.13. The molecular weight excluding hydrogens is 354 g/mol. The SMILES string of the molecule is CSc1ccc(C2C(=O)N3C=CC=CC3=C2C(=O)CC(=O)C(=O)O)cc1. The largest absolute Gasteiger partial charge is 0.475 e. The molecule has 0 spiro atoms. The molecule has 2 heterocycles. The van der Waals surface area contributed by atoms with Crippen LogP contribution < -0.4 is 0 Å². The fraction of sp³-hybridized carbons (Fsp3) is 0.158. The van der Waals surface area contributed by atoms with E-state index in [0.29, 0.717) is 11.3 Å². The van der Waals surface area contributed by atoms with Crippen molar-refractivity contribution in [1.82, 2.24) is 4.90 Å². The quantitative estimate of drug-likeness (QED) is 0.470. The van der Waals surface area contributed by atoms with Crippen LogP contribution in [0.1, 0.15) is 17.9 Å². The molecule has 0 saturated carbocycles. The molecule has 132 valence electrons. The van der Waals surface area contributed by atoms with Crippen LogP contribution in [0.4, 0.5) is 0 Å². The summed E-state index contributed by atoms with van der Waals surface area (Å²) < 4.78 is 0. The molecule has 2 aliphatic heterocycles. The summed E-state index contributed by atoms with van der Waals surface area (Å²) in [7, 11) is 0. The summed E-state index contributed by atoms with van der Waals surface area (Å²) in [4.78, 5) is 50.2. The minimum atomic E-state index is -1.66. The second-order valence-corrected chi connectivity index (χ2v) is 6.62. The molecule has 1 aromatic rings. The number of rotatable bonds is 6. The predicted molar refractivity (Wildman–Crippen MR) is 95.4 cm³/mol. The van der Waals surface area contributed by atoms with Crippen LogP contribution in [0.25, 0.3) is 0 Å². The standard InChI is InChI=1S/C19H15NO5S/c1-26-12-7-5-11(6-8-12)16-17(14(21)10-15(22)19(24)25)13-4-2-3-9-20(13)18(16)23/h2-9,16H,10H2,1H3,(H,24,25). The van der Waals surface area contributed by atoms with Gasteiger partial charge in [-0.2, -0.15) is 0 Å². The molecule has 7 heteroatoms. The molecule has 6 nitrogen and oxygen atoms in total. The first-order valence-corrected chi connectivity index (χ1v) is 9.02. The van der Waals surface area contributed by atoms with E-state index in [2.05, 4.69) is 0 Å². The van der Waals surface area contributed by atoms with E-state index in [-0.39, 0.29) is 11.5 Å². The number of allylic oxidation sites excluding steroid dienone is 3. The second kappa shape index (κ2) is 7.13. The molecule has 0 radical (unpaired) electrons. The molecule has 1 amide bonds. The van der Waals surface area contributed by atoms with Crippen molar-refractivity contribution < 1.29 is 24.3 Å². The first kappa shape index (κ1) is 17.9. The molecule has 1 N–H and O–H groups in total. The van der Waals surface area contributed by atoms with Gasteiger partial charge in [-0.25, -0.2) is 4.79 Å². The molecule has 0 aliphatic carbocycles. The van der Waals surface area contributed by atoms with Crippen LogP contribution in [0.5, 0.6) is 0 Å². The van der Waals surface area contributed by atoms with Crippen molar-refractivity contribution in [3.8, 4) is 0 Å². The number of carboxylic acids is 1. The topological polar surface area (TPSA) is 91.8 Å². The van der Waals surface area contributed by atoms with E-state index in [1.165, 1.54) is 4.90 Å². The number of fused-ring (bicyclic) bond motifs is 1. The van der Waals surface area contributed by atoms with Gasteiger partial charge in [0.25, 0.3) is 0 Å². The molecule has 0 bridgehead atoms. The lowest BCUT2D eigenvalue weighted by Gasteiger charge is -2.16. The van der Waals surface area contributed by atoms with Crippen molar-refractivity contribution >= 4 is 35.2 Å². The van der Waals surface area contributed by atoms with E-state index in [4.69, 9.17) is 5.11 Å². The summed E-state index contributed by atoms with van der Waals surface area (Å²) >= 11 is 1.55. The number of hydrogen-bond donors (Lipinski definition) is 1. The molecule has 3 rings (SSSR count). The molecule has 1 unspecified atom stereocenters. The van der Waals surface area contributed by atoms with Gasteiger partial charge in [-0.15, -0.1) is 11.8 Å². The van der Waals surface area contributed by atoms with E-state index in [0.717, 1.165) is 4.90 Å². The highest BCUT2D eigenvalue weighted by molar-refractivity contribution is 7.98. The summed E-state index contributed by atoms with van der Waals surface area (Å²) in [6, 6.07) is 7.25. The van der Waals surface area contributed by atoms with Gasteiger partial charge in [0.15, 0.2) is 5.78 Å². The Kier molecular flexibility index (Phi) is 4.90. The monoisotopic (exact) mass is 369 g/mol. The van der Waals surface area contributed by atoms with Crippen molar-refractivity contribution in [1.29, 1.82) is 0 Å². The average molecular weight is 369 g/mol. The zero-order chi connectivity index (χ0) is 18.8. The van der Waals surface area contributed by atoms with Crippen molar-refractivity contribution in [2.24, 2.45) is 0 Å². The Morgan fingerprint density at radius 1 is 1.15 bits per heavy atom. The van der Waals surface area contributed by atoms with Crippen molar-refractivity contribution in [3.63, 3.8) is 0 Å². The van der Waals surface area contributed by atoms with Crippen LogP contribution >= 0.6 is 11.8 Å². The molecule has 2 aliphatic rings. The van der Waals surface area contributed by atoms with Gasteiger partial charge in [0.2, 0.25) is 11.7 Å². The van der Waals surface area contributed by atoms with Crippen LogP contribution in [-0.4, -0.2) is 39.7 Å². The predicted octanol–water partition coefficient (Wildman–Crippen LogP) is 2.28. The minimum absolute atomic E-state index is 0.155. The number of carboxylic acid groups (broad SMARTS) is 1. The van der Waals surface area contributed by atoms with Crippen molar-refractivity contribution in [2.45, 2.75) is 17.2 Å². The van der Waals surface area contributed by atoms with Gasteiger partial charge in [-0.05, 0) is 36.1 Å². The Morgan fingerprint density at radius 2 is 1.85 bits per heavy atom. The normalized spacial score (nSPS) is 18.3. The Morgan fingerprint density at radius 3 is 2.46 bits per heavy atom. The van der Waals surface area contributed by atoms with Gasteiger partial charge in [0, 0.05) is 16.7 Å². The molecule has 1 atom stereocenters. The highest BCUT2D eigenvalue weighted by Crippen LogP contribution is 2.40. The van der Waals surface area contributed by atoms with Gasteiger partial charge in [0.05, 0.1) is 18.0 Å². The number of carbonyl (C=O) groups is 4. The van der Waals surface area contributed by atoms with E-state index < -0.39 is 29.9 Å². The van der Waals surface area contributed by atoms with E-state index in [9.17, 15) is 19.2 Å². The molecule has 0 fully saturated rings. The number of Topliss-reactive ketones (excluding diaryl/α,β-unsaturated/α-hetero) is 2. The smallest absolute Gasteiger partial charge is 0.372 e. The van der Waals surface area contributed by atoms with Crippen LogP contribution in [-0.2, 0) is 19.2 Å². The first-order valence-electron chi connectivity index (χ1n) is 7.79. The van der Waals surface area contributed by atoms with Gasteiger partial charge >= 0.3 is 5.97 Å². The van der Waals surface area contributed by atoms with E-state index in [1.54, 1.807) is 48.3 Å². The molecule has 1 aromatic carbocycles. The van der Waals surface area contributed by atoms with E-state index in [1.807, 2.05) is 18.4 Å². The summed E-state index contributed by atoms with van der Waals surface area (Å²) in [6.07, 6.45) is 7.69. The van der Waals surface area contributed by atoms with Crippen LogP contribution in [0.2, 0.25) is 0 Å². The van der Waals surface area contributed by atoms with Gasteiger partial charge in [0.1, 0.15) is 0 Å². The van der Waals surface area contributed by atoms with Crippen molar-refractivity contribution in [3.05, 3.63) is 65.5 Å². The number of aliphatic carboxylic acids is 1. The maximum atomic E-state index is 12.9. The molecule has 0 saturated heterocycles. The highest BCUT2D eigenvalue weighted by atomic mass is 32.2. The third-order valence-electron chi connectivity index (χ3n) is 4.22. The number of thioether (sulfide) groups is 1. The summed E-state index contributed by atoms with van der Waals surface area (Å²) in [5, 5.41) is 8.78. The third-order valence-corrected chi connectivity index (χ3v) is 4.96. The number of carbonyl (C=O) groups excluding carboxylic acids is 3. The van der Waals surface area contributed by atoms with Crippen LogP contribution in [0.3, 0.4) is 0 Å². The number of nitrogens with zero attached hydrogens (tertiary/aromatic N) is 1. The summed E-state index contributed by atoms with van der Waals surface area (Å²) in [5.41, 5.74) is 1.17. The van der Waals surface area contributed by atoms with Crippen molar-refractivity contribution in [2.75, 3.05) is 6.26 Å². The number of ketones is 2. The fourth-order valence-electron chi connectivity index (χ4n) is 2.99. The Bertz CT molecular complexity index is 895. The number of hydrogen-bond acceptors (Lipinski definition) is 5. The van der Waals surface area contributed by atoms with Crippen LogP contribution in [0.15, 0.2) is 64.9 Å². The zero-order valence-electron chi connectivity index (χ0n) is 13.8. The Labute approximate surface area is 153 Å². The van der Waals surface area contributed by atoms with Gasteiger partial charge < -0.3 is 5.11 Å². The minimum Gasteiger partial charge on any atom is -0.475 e. The zero-order valence-corrected chi connectivity index (χ0v) is 14.7. The lowest BCUT2D eigenvalue weighted by Crippen LogP contribution is -2.24. The Balaban J connectivity index is 2.04. The Hall–Kier alpha value is -2.93. The second-order valence-electron chi connectivity index (χ2n) is 5.74. The lowest BCUT2D eigenvalue weighted by atomic mass is 9.87. The fourth-order valence-corrected chi connectivity index (χ4v) is 3.40.